The fraction of sp³-hybridized carbons (Fsp3) is 0.333. The molecule has 128 valence electrons. The minimum Gasteiger partial charge on any atom is -0.366 e. The maximum absolute atomic E-state index is 12.8. The second-order valence-corrected chi connectivity index (χ2v) is 5.27. The monoisotopic (exact) mass is 340 g/mol. The van der Waals surface area contributed by atoms with E-state index in [4.69, 9.17) is 4.74 Å². The summed E-state index contributed by atoms with van der Waals surface area (Å²) in [6, 6.07) is 4.79. The number of carbonyl (C=O) groups is 1. The molecular formula is C15H15F3N4O2. The van der Waals surface area contributed by atoms with E-state index in [-0.39, 0.29) is 11.6 Å². The smallest absolute Gasteiger partial charge is 0.366 e. The number of nitrogens with zero attached hydrogens (tertiary/aromatic N) is 2. The van der Waals surface area contributed by atoms with Gasteiger partial charge in [-0.05, 0) is 18.2 Å². The van der Waals surface area contributed by atoms with Gasteiger partial charge in [0.2, 0.25) is 0 Å². The quantitative estimate of drug-likeness (QED) is 0.894. The molecule has 1 amide bonds. The summed E-state index contributed by atoms with van der Waals surface area (Å²) in [7, 11) is 0. The lowest BCUT2D eigenvalue weighted by Gasteiger charge is -2.22. The summed E-state index contributed by atoms with van der Waals surface area (Å²) in [5.41, 5.74) is -0.129. The van der Waals surface area contributed by atoms with Crippen LogP contribution < -0.4 is 10.6 Å². The van der Waals surface area contributed by atoms with Gasteiger partial charge in [-0.15, -0.1) is 0 Å². The van der Waals surface area contributed by atoms with Crippen molar-refractivity contribution in [2.24, 2.45) is 0 Å². The second-order valence-electron chi connectivity index (χ2n) is 5.27. The summed E-state index contributed by atoms with van der Waals surface area (Å²) in [5, 5.41) is 9.66. The van der Waals surface area contributed by atoms with Crippen LogP contribution in [0.5, 0.6) is 0 Å². The largest absolute Gasteiger partial charge is 0.416 e. The van der Waals surface area contributed by atoms with Crippen molar-refractivity contribution < 1.29 is 22.7 Å². The van der Waals surface area contributed by atoms with E-state index in [9.17, 15) is 18.0 Å². The lowest BCUT2D eigenvalue weighted by molar-refractivity contribution is -0.137. The van der Waals surface area contributed by atoms with Crippen LogP contribution in [-0.2, 0) is 15.7 Å². The topological polar surface area (TPSA) is 68.2 Å². The van der Waals surface area contributed by atoms with E-state index in [0.717, 1.165) is 12.1 Å². The van der Waals surface area contributed by atoms with Crippen LogP contribution in [0.15, 0.2) is 36.7 Å². The van der Waals surface area contributed by atoms with E-state index >= 15 is 0 Å². The van der Waals surface area contributed by atoms with Gasteiger partial charge in [-0.25, -0.2) is 4.68 Å². The van der Waals surface area contributed by atoms with Gasteiger partial charge in [0, 0.05) is 13.1 Å². The molecule has 1 atom stereocenters. The number of morpholine rings is 1. The number of rotatable bonds is 3. The summed E-state index contributed by atoms with van der Waals surface area (Å²) in [6.07, 6.45) is -2.21. The fourth-order valence-corrected chi connectivity index (χ4v) is 2.31. The van der Waals surface area contributed by atoms with Gasteiger partial charge in [0.1, 0.15) is 6.10 Å². The molecule has 0 radical (unpaired) electrons. The molecule has 0 spiro atoms. The second kappa shape index (κ2) is 6.62. The molecule has 1 aliphatic heterocycles. The molecule has 1 aromatic heterocycles. The first-order valence-corrected chi connectivity index (χ1v) is 7.29. The molecule has 1 unspecified atom stereocenters. The highest BCUT2D eigenvalue weighted by Gasteiger charge is 2.30. The normalized spacial score (nSPS) is 18.4. The number of halogens is 3. The molecule has 9 heteroatoms. The van der Waals surface area contributed by atoms with Crippen LogP contribution in [0.3, 0.4) is 0 Å². The van der Waals surface area contributed by atoms with Crippen molar-refractivity contribution in [2.45, 2.75) is 12.3 Å². The van der Waals surface area contributed by atoms with Crippen LogP contribution >= 0.6 is 0 Å². The molecule has 0 saturated carbocycles. The number of amides is 1. The predicted molar refractivity (Wildman–Crippen MR) is 79.8 cm³/mol. The standard InChI is InChI=1S/C15H15F3N4O2/c16-15(17,18)10-2-1-3-12(6-10)22-9-11(7-20-22)21-14(23)13-8-19-4-5-24-13/h1-3,6-7,9,13,19H,4-5,8H2,(H,21,23). The molecular weight excluding hydrogens is 325 g/mol. The van der Waals surface area contributed by atoms with Gasteiger partial charge in [0.15, 0.2) is 0 Å². The van der Waals surface area contributed by atoms with Crippen molar-refractivity contribution in [2.75, 3.05) is 25.0 Å². The van der Waals surface area contributed by atoms with E-state index in [0.29, 0.717) is 25.4 Å². The summed E-state index contributed by atoms with van der Waals surface area (Å²) in [6.45, 7) is 1.55. The molecule has 24 heavy (non-hydrogen) atoms. The van der Waals surface area contributed by atoms with Crippen LogP contribution in [-0.4, -0.2) is 41.5 Å². The van der Waals surface area contributed by atoms with Gasteiger partial charge in [0.05, 0.1) is 35.9 Å². The molecule has 0 aliphatic carbocycles. The highest BCUT2D eigenvalue weighted by molar-refractivity contribution is 5.94. The van der Waals surface area contributed by atoms with Crippen LogP contribution in [0.4, 0.5) is 18.9 Å². The number of hydrogen-bond donors (Lipinski definition) is 2. The Morgan fingerprint density at radius 1 is 1.42 bits per heavy atom. The third kappa shape index (κ3) is 3.74. The molecule has 1 saturated heterocycles. The number of benzene rings is 1. The molecule has 0 bridgehead atoms. The number of aromatic nitrogens is 2. The van der Waals surface area contributed by atoms with Crippen molar-refractivity contribution in [1.29, 1.82) is 0 Å². The third-order valence-electron chi connectivity index (χ3n) is 3.51. The van der Waals surface area contributed by atoms with Gasteiger partial charge in [-0.1, -0.05) is 6.07 Å². The first kappa shape index (κ1) is 16.5. The van der Waals surface area contributed by atoms with E-state index < -0.39 is 17.8 Å². The molecule has 1 aromatic carbocycles. The predicted octanol–water partition coefficient (Wildman–Crippen LogP) is 1.82. The van der Waals surface area contributed by atoms with Gasteiger partial charge < -0.3 is 15.4 Å². The number of carbonyl (C=O) groups excluding carboxylic acids is 1. The van der Waals surface area contributed by atoms with Crippen molar-refractivity contribution in [3.05, 3.63) is 42.2 Å². The maximum Gasteiger partial charge on any atom is 0.416 e. The SMILES string of the molecule is O=C(Nc1cnn(-c2cccc(C(F)(F)F)c2)c1)C1CNCCO1. The Morgan fingerprint density at radius 3 is 2.96 bits per heavy atom. The number of anilines is 1. The first-order valence-electron chi connectivity index (χ1n) is 7.29. The molecule has 2 aromatic rings. The van der Waals surface area contributed by atoms with Crippen LogP contribution in [0.2, 0.25) is 0 Å². The highest BCUT2D eigenvalue weighted by Crippen LogP contribution is 2.30. The zero-order valence-corrected chi connectivity index (χ0v) is 12.5. The summed E-state index contributed by atoms with van der Waals surface area (Å²) >= 11 is 0. The number of nitrogens with one attached hydrogen (secondary N) is 2. The van der Waals surface area contributed by atoms with Crippen molar-refractivity contribution in [3.8, 4) is 5.69 Å². The minimum atomic E-state index is -4.43. The Morgan fingerprint density at radius 2 is 2.25 bits per heavy atom. The first-order chi connectivity index (χ1) is 11.4. The molecule has 6 nitrogen and oxygen atoms in total. The number of hydrogen-bond acceptors (Lipinski definition) is 4. The number of alkyl halides is 3. The zero-order valence-electron chi connectivity index (χ0n) is 12.5. The van der Waals surface area contributed by atoms with Gasteiger partial charge in [-0.3, -0.25) is 4.79 Å². The molecule has 2 N–H and O–H groups in total. The Kier molecular flexibility index (Phi) is 4.54. The minimum absolute atomic E-state index is 0.251. The zero-order chi connectivity index (χ0) is 17.2. The summed E-state index contributed by atoms with van der Waals surface area (Å²) < 4.78 is 44.9. The fourth-order valence-electron chi connectivity index (χ4n) is 2.31. The molecule has 1 aliphatic rings. The maximum atomic E-state index is 12.8. The lowest BCUT2D eigenvalue weighted by Crippen LogP contribution is -2.45. The van der Waals surface area contributed by atoms with Crippen molar-refractivity contribution in [1.82, 2.24) is 15.1 Å². The molecule has 1 fully saturated rings. The Balaban J connectivity index is 1.72. The summed E-state index contributed by atoms with van der Waals surface area (Å²) in [5.74, 6) is -0.328. The Hall–Kier alpha value is -2.39. The van der Waals surface area contributed by atoms with Crippen LogP contribution in [0.1, 0.15) is 5.56 Å². The average molecular weight is 340 g/mol. The molecule has 3 rings (SSSR count). The summed E-state index contributed by atoms with van der Waals surface area (Å²) in [4.78, 5) is 12.0. The Labute approximate surface area is 135 Å². The van der Waals surface area contributed by atoms with E-state index in [1.54, 1.807) is 0 Å². The lowest BCUT2D eigenvalue weighted by atomic mass is 10.2. The van der Waals surface area contributed by atoms with Crippen LogP contribution in [0, 0.1) is 0 Å². The Bertz CT molecular complexity index is 724. The van der Waals surface area contributed by atoms with Gasteiger partial charge in [0.25, 0.3) is 5.91 Å². The van der Waals surface area contributed by atoms with Crippen molar-refractivity contribution in [3.63, 3.8) is 0 Å². The number of ether oxygens (including phenoxy) is 1. The van der Waals surface area contributed by atoms with E-state index in [1.807, 2.05) is 0 Å². The van der Waals surface area contributed by atoms with E-state index in [2.05, 4.69) is 15.7 Å². The van der Waals surface area contributed by atoms with Gasteiger partial charge in [-0.2, -0.15) is 18.3 Å². The highest BCUT2D eigenvalue weighted by atomic mass is 19.4. The van der Waals surface area contributed by atoms with Gasteiger partial charge >= 0.3 is 6.18 Å². The molecule has 2 heterocycles. The van der Waals surface area contributed by atoms with Crippen LogP contribution in [0.25, 0.3) is 5.69 Å². The van der Waals surface area contributed by atoms with Crippen molar-refractivity contribution >= 4 is 11.6 Å². The third-order valence-corrected chi connectivity index (χ3v) is 3.51. The average Bonchev–Trinajstić information content (AvgIpc) is 3.03. The van der Waals surface area contributed by atoms with E-state index in [1.165, 1.54) is 29.2 Å².